The van der Waals surface area contributed by atoms with Crippen LogP contribution < -0.4 is 16.2 Å². The molecule has 2 amide bonds. The van der Waals surface area contributed by atoms with Crippen molar-refractivity contribution < 1.29 is 9.59 Å². The first-order valence-electron chi connectivity index (χ1n) is 9.64. The number of nitrogens with one attached hydrogen (secondary N) is 2. The largest absolute Gasteiger partial charge is 0.349 e. The molecule has 1 heterocycles. The van der Waals surface area contributed by atoms with Crippen LogP contribution in [0.3, 0.4) is 0 Å². The maximum atomic E-state index is 12.6. The highest BCUT2D eigenvalue weighted by atomic mass is 16.2. The van der Waals surface area contributed by atoms with Gasteiger partial charge in [-0.3, -0.25) is 14.4 Å². The molecule has 8 heteroatoms. The predicted octanol–water partition coefficient (Wildman–Crippen LogP) is 2.10. The van der Waals surface area contributed by atoms with Crippen LogP contribution in [-0.2, 0) is 11.3 Å². The monoisotopic (exact) mass is 391 g/mol. The second-order valence-electron chi connectivity index (χ2n) is 7.12. The fraction of sp³-hybridized carbons (Fsp3) is 0.286. The van der Waals surface area contributed by atoms with E-state index >= 15 is 0 Å². The van der Waals surface area contributed by atoms with Crippen molar-refractivity contribution in [3.63, 3.8) is 0 Å². The molecule has 0 aliphatic heterocycles. The molecule has 0 bridgehead atoms. The van der Waals surface area contributed by atoms with E-state index in [2.05, 4.69) is 20.9 Å². The van der Waals surface area contributed by atoms with Gasteiger partial charge in [0.15, 0.2) is 0 Å². The Morgan fingerprint density at radius 3 is 2.59 bits per heavy atom. The van der Waals surface area contributed by atoms with Crippen LogP contribution >= 0.6 is 0 Å². The quantitative estimate of drug-likeness (QED) is 0.693. The molecular formula is C21H21N5O3. The van der Waals surface area contributed by atoms with Crippen LogP contribution in [0.5, 0.6) is 0 Å². The average Bonchev–Trinajstić information content (AvgIpc) is 3.23. The van der Waals surface area contributed by atoms with Crippen molar-refractivity contribution >= 4 is 28.4 Å². The van der Waals surface area contributed by atoms with Gasteiger partial charge in [0.25, 0.3) is 11.5 Å². The average molecular weight is 391 g/mol. The van der Waals surface area contributed by atoms with Crippen molar-refractivity contribution in [3.05, 3.63) is 64.4 Å². The van der Waals surface area contributed by atoms with Crippen LogP contribution in [0.4, 0.5) is 5.69 Å². The highest BCUT2D eigenvalue weighted by Crippen LogP contribution is 2.20. The van der Waals surface area contributed by atoms with Gasteiger partial charge in [0.2, 0.25) is 5.91 Å². The van der Waals surface area contributed by atoms with Gasteiger partial charge in [0, 0.05) is 6.04 Å². The number of hydrogen-bond acceptors (Lipinski definition) is 5. The van der Waals surface area contributed by atoms with E-state index in [4.69, 9.17) is 0 Å². The van der Waals surface area contributed by atoms with E-state index in [0.717, 1.165) is 30.4 Å². The number of carbonyl (C=O) groups excluding carboxylic acids is 2. The zero-order valence-corrected chi connectivity index (χ0v) is 15.8. The zero-order chi connectivity index (χ0) is 20.2. The Morgan fingerprint density at radius 2 is 1.76 bits per heavy atom. The summed E-state index contributed by atoms with van der Waals surface area (Å²) in [5.74, 6) is -0.673. The van der Waals surface area contributed by atoms with Crippen molar-refractivity contribution in [2.24, 2.45) is 0 Å². The topological polar surface area (TPSA) is 106 Å². The summed E-state index contributed by atoms with van der Waals surface area (Å²) in [7, 11) is 0. The van der Waals surface area contributed by atoms with Gasteiger partial charge < -0.3 is 10.6 Å². The predicted molar refractivity (Wildman–Crippen MR) is 109 cm³/mol. The molecule has 0 atom stereocenters. The molecule has 2 aromatic carbocycles. The third-order valence-corrected chi connectivity index (χ3v) is 5.06. The van der Waals surface area contributed by atoms with Crippen molar-refractivity contribution in [3.8, 4) is 0 Å². The number of rotatable bonds is 5. The lowest BCUT2D eigenvalue weighted by Gasteiger charge is -2.15. The Morgan fingerprint density at radius 1 is 1.03 bits per heavy atom. The molecule has 2 N–H and O–H groups in total. The molecule has 8 nitrogen and oxygen atoms in total. The van der Waals surface area contributed by atoms with E-state index in [1.54, 1.807) is 48.5 Å². The first kappa shape index (κ1) is 18.8. The lowest BCUT2D eigenvalue weighted by Crippen LogP contribution is -2.34. The molecule has 3 aromatic rings. The molecule has 1 aliphatic carbocycles. The number of aromatic nitrogens is 3. The highest BCUT2D eigenvalue weighted by molar-refractivity contribution is 6.03. The van der Waals surface area contributed by atoms with Gasteiger partial charge in [0.1, 0.15) is 12.1 Å². The van der Waals surface area contributed by atoms with Crippen molar-refractivity contribution in [1.29, 1.82) is 0 Å². The maximum Gasteiger partial charge on any atom is 0.278 e. The van der Waals surface area contributed by atoms with Crippen LogP contribution in [0.1, 0.15) is 36.0 Å². The normalized spacial score (nSPS) is 14.1. The van der Waals surface area contributed by atoms with Crippen molar-refractivity contribution in [1.82, 2.24) is 20.3 Å². The minimum absolute atomic E-state index is 0.178. The van der Waals surface area contributed by atoms with Crippen LogP contribution in [0, 0.1) is 0 Å². The lowest BCUT2D eigenvalue weighted by atomic mass is 10.1. The van der Waals surface area contributed by atoms with Gasteiger partial charge in [-0.1, -0.05) is 42.3 Å². The molecule has 4 rings (SSSR count). The number of carbonyl (C=O) groups is 2. The van der Waals surface area contributed by atoms with Crippen LogP contribution in [0.2, 0.25) is 0 Å². The van der Waals surface area contributed by atoms with E-state index < -0.39 is 11.5 Å². The smallest absolute Gasteiger partial charge is 0.278 e. The fourth-order valence-corrected chi connectivity index (χ4v) is 3.58. The SMILES string of the molecule is O=C(Cn1nnc2ccccc2c1=O)Nc1ccccc1C(=O)NC1CCCC1. The highest BCUT2D eigenvalue weighted by Gasteiger charge is 2.20. The Kier molecular flexibility index (Phi) is 5.33. The van der Waals surface area contributed by atoms with E-state index in [1.807, 2.05) is 0 Å². The molecule has 0 radical (unpaired) electrons. The summed E-state index contributed by atoms with van der Waals surface area (Å²) < 4.78 is 1.01. The standard InChI is InChI=1S/C21H21N5O3/c27-19(13-26-21(29)16-10-4-6-12-18(16)24-25-26)23-17-11-5-3-9-15(17)20(28)22-14-7-1-2-8-14/h3-6,9-12,14H,1-2,7-8,13H2,(H,22,28)(H,23,27). The molecule has 1 aliphatic rings. The third kappa shape index (κ3) is 4.16. The molecule has 0 spiro atoms. The summed E-state index contributed by atoms with van der Waals surface area (Å²) in [5, 5.41) is 13.9. The number of hydrogen-bond donors (Lipinski definition) is 2. The van der Waals surface area contributed by atoms with Gasteiger partial charge in [-0.15, -0.1) is 5.10 Å². The summed E-state index contributed by atoms with van der Waals surface area (Å²) in [6.45, 7) is -0.296. The van der Waals surface area contributed by atoms with Gasteiger partial charge >= 0.3 is 0 Å². The Balaban J connectivity index is 1.50. The number of amides is 2. The number of nitrogens with zero attached hydrogens (tertiary/aromatic N) is 3. The molecule has 29 heavy (non-hydrogen) atoms. The van der Waals surface area contributed by atoms with E-state index in [-0.39, 0.29) is 18.5 Å². The molecule has 148 valence electrons. The first-order valence-corrected chi connectivity index (χ1v) is 9.64. The number of fused-ring (bicyclic) bond motifs is 1. The van der Waals surface area contributed by atoms with Crippen LogP contribution in [0.15, 0.2) is 53.3 Å². The number of benzene rings is 2. The minimum Gasteiger partial charge on any atom is -0.349 e. The van der Waals surface area contributed by atoms with Gasteiger partial charge in [-0.25, -0.2) is 4.68 Å². The molecule has 1 fully saturated rings. The number of anilines is 1. The Hall–Kier alpha value is -3.55. The van der Waals surface area contributed by atoms with E-state index in [0.29, 0.717) is 22.2 Å². The zero-order valence-electron chi connectivity index (χ0n) is 15.8. The maximum absolute atomic E-state index is 12.6. The molecule has 0 saturated heterocycles. The van der Waals surface area contributed by atoms with E-state index in [9.17, 15) is 14.4 Å². The van der Waals surface area contributed by atoms with E-state index in [1.165, 1.54) is 0 Å². The van der Waals surface area contributed by atoms with Gasteiger partial charge in [-0.2, -0.15) is 0 Å². The van der Waals surface area contributed by atoms with Gasteiger partial charge in [0.05, 0.1) is 16.6 Å². The number of para-hydroxylation sites is 1. The summed E-state index contributed by atoms with van der Waals surface area (Å²) in [6.07, 6.45) is 4.18. The van der Waals surface area contributed by atoms with Gasteiger partial charge in [-0.05, 0) is 37.1 Å². The second kappa shape index (κ2) is 8.22. The van der Waals surface area contributed by atoms with Crippen molar-refractivity contribution in [2.75, 3.05) is 5.32 Å². The van der Waals surface area contributed by atoms with Crippen LogP contribution in [0.25, 0.3) is 10.9 Å². The summed E-state index contributed by atoms with van der Waals surface area (Å²) in [4.78, 5) is 37.6. The molecule has 1 aromatic heterocycles. The summed E-state index contributed by atoms with van der Waals surface area (Å²) >= 11 is 0. The summed E-state index contributed by atoms with van der Waals surface area (Å²) in [5.41, 5.74) is 0.876. The van der Waals surface area contributed by atoms with Crippen LogP contribution in [-0.4, -0.2) is 32.9 Å². The summed E-state index contributed by atoms with van der Waals surface area (Å²) in [6, 6.07) is 13.8. The lowest BCUT2D eigenvalue weighted by molar-refractivity contribution is -0.117. The second-order valence-corrected chi connectivity index (χ2v) is 7.12. The third-order valence-electron chi connectivity index (χ3n) is 5.06. The molecular weight excluding hydrogens is 370 g/mol. The fourth-order valence-electron chi connectivity index (χ4n) is 3.58. The first-order chi connectivity index (χ1) is 14.1. The Bertz CT molecular complexity index is 1120. The Labute approximate surface area is 166 Å². The molecule has 1 saturated carbocycles. The minimum atomic E-state index is -0.460. The molecule has 0 unspecified atom stereocenters. The van der Waals surface area contributed by atoms with Crippen molar-refractivity contribution in [2.45, 2.75) is 38.3 Å².